The van der Waals surface area contributed by atoms with E-state index < -0.39 is 41.2 Å². The van der Waals surface area contributed by atoms with Gasteiger partial charge in [0.05, 0.1) is 18.8 Å². The van der Waals surface area contributed by atoms with Gasteiger partial charge in [-0.1, -0.05) is 114 Å². The van der Waals surface area contributed by atoms with E-state index in [2.05, 4.69) is 0 Å². The van der Waals surface area contributed by atoms with Gasteiger partial charge in [-0.3, -0.25) is 9.59 Å². The van der Waals surface area contributed by atoms with Crippen LogP contribution in [0.2, 0.25) is 0 Å². The molecule has 0 heterocycles. The number of hydrogen-bond acceptors (Lipinski definition) is 11. The van der Waals surface area contributed by atoms with Gasteiger partial charge in [0.2, 0.25) is 0 Å². The molecule has 1 aliphatic rings. The summed E-state index contributed by atoms with van der Waals surface area (Å²) in [5.41, 5.74) is 1.19. The number of carbonyl (C=O) groups is 5. The summed E-state index contributed by atoms with van der Waals surface area (Å²) >= 11 is 0. The minimum Gasteiger partial charge on any atom is -0.462 e. The number of ether oxygens (including phenoxy) is 6. The predicted molar refractivity (Wildman–Crippen MR) is 208 cm³/mol. The molecular formula is C44H58O11. The third-order valence-corrected chi connectivity index (χ3v) is 9.29. The van der Waals surface area contributed by atoms with E-state index in [0.29, 0.717) is 37.4 Å². The number of rotatable bonds is 24. The van der Waals surface area contributed by atoms with Crippen molar-refractivity contribution in [3.63, 3.8) is 0 Å². The molecule has 11 nitrogen and oxygen atoms in total. The number of benzene rings is 2. The second-order valence-corrected chi connectivity index (χ2v) is 14.1. The highest BCUT2D eigenvalue weighted by atomic mass is 16.8. The van der Waals surface area contributed by atoms with Crippen molar-refractivity contribution in [1.82, 2.24) is 0 Å². The lowest BCUT2D eigenvalue weighted by Crippen LogP contribution is -2.45. The highest BCUT2D eigenvalue weighted by Crippen LogP contribution is 2.32. The van der Waals surface area contributed by atoms with Gasteiger partial charge in [-0.25, -0.2) is 14.4 Å². The van der Waals surface area contributed by atoms with Gasteiger partial charge < -0.3 is 28.4 Å². The van der Waals surface area contributed by atoms with Crippen molar-refractivity contribution < 1.29 is 52.4 Å². The summed E-state index contributed by atoms with van der Waals surface area (Å²) in [5, 5.41) is 0. The molecule has 0 aromatic heterocycles. The molecule has 300 valence electrons. The number of unbranched alkanes of at least 4 members (excludes halogenated alkanes) is 9. The second kappa shape index (κ2) is 23.2. The quantitative estimate of drug-likeness (QED) is 0.0333. The molecule has 0 bridgehead atoms. The van der Waals surface area contributed by atoms with Gasteiger partial charge in [-0.15, -0.1) is 0 Å². The van der Waals surface area contributed by atoms with Crippen LogP contribution in [0.5, 0.6) is 5.75 Å². The van der Waals surface area contributed by atoms with Gasteiger partial charge in [0.15, 0.2) is 5.60 Å². The Labute approximate surface area is 325 Å². The van der Waals surface area contributed by atoms with E-state index >= 15 is 0 Å². The van der Waals surface area contributed by atoms with Gasteiger partial charge in [-0.2, -0.15) is 0 Å². The highest BCUT2D eigenvalue weighted by Gasteiger charge is 2.42. The highest BCUT2D eigenvalue weighted by molar-refractivity contribution is 5.90. The molecule has 2 atom stereocenters. The molecule has 2 aromatic rings. The third-order valence-electron chi connectivity index (χ3n) is 9.29. The molecule has 55 heavy (non-hydrogen) atoms. The van der Waals surface area contributed by atoms with Crippen molar-refractivity contribution in [2.24, 2.45) is 5.92 Å². The van der Waals surface area contributed by atoms with Crippen molar-refractivity contribution in [1.29, 1.82) is 0 Å². The number of hydrogen-bond donors (Lipinski definition) is 0. The zero-order valence-corrected chi connectivity index (χ0v) is 33.1. The molecule has 0 aliphatic heterocycles. The molecule has 2 aromatic carbocycles. The molecule has 1 aliphatic carbocycles. The maximum atomic E-state index is 13.7. The lowest BCUT2D eigenvalue weighted by Gasteiger charge is -2.30. The lowest BCUT2D eigenvalue weighted by molar-refractivity contribution is -0.232. The topological polar surface area (TPSA) is 141 Å². The zero-order valence-electron chi connectivity index (χ0n) is 33.1. The summed E-state index contributed by atoms with van der Waals surface area (Å²) in [6, 6.07) is 16.4. The maximum Gasteiger partial charge on any atom is 0.392 e. The first kappa shape index (κ1) is 44.6. The molecule has 2 unspecified atom stereocenters. The summed E-state index contributed by atoms with van der Waals surface area (Å²) < 4.78 is 32.5. The van der Waals surface area contributed by atoms with Gasteiger partial charge in [-0.05, 0) is 60.2 Å². The Morgan fingerprint density at radius 2 is 1.31 bits per heavy atom. The van der Waals surface area contributed by atoms with Crippen molar-refractivity contribution in [3.05, 3.63) is 84.0 Å². The number of carbonyl (C=O) groups excluding carboxylic acids is 5. The molecule has 11 heteroatoms. The van der Waals surface area contributed by atoms with E-state index in [1.807, 2.05) is 56.3 Å². The van der Waals surface area contributed by atoms with Gasteiger partial charge in [0, 0.05) is 33.8 Å². The van der Waals surface area contributed by atoms with Crippen molar-refractivity contribution in [2.45, 2.75) is 123 Å². The van der Waals surface area contributed by atoms with Crippen LogP contribution in [0.15, 0.2) is 72.8 Å². The van der Waals surface area contributed by atoms with Crippen LogP contribution in [0.1, 0.15) is 128 Å². The van der Waals surface area contributed by atoms with E-state index in [9.17, 15) is 24.0 Å². The zero-order chi connectivity index (χ0) is 40.1. The van der Waals surface area contributed by atoms with Gasteiger partial charge >= 0.3 is 35.6 Å². The Morgan fingerprint density at radius 3 is 1.84 bits per heavy atom. The normalized spacial score (nSPS) is 15.7. The first-order valence-electron chi connectivity index (χ1n) is 19.5. The molecular weight excluding hydrogens is 704 g/mol. The standard InChI is InChI=1S/C44H58O11/c1-6-33(2)32-51-40(47)38-22-24-39(25-23-38)53-42(49)44(28-26-37(27-29-44)36-20-16-15-17-21-36)52-31-19-14-12-10-8-7-9-11-13-18-30-50-41(48)43(5,54-34(3)45)55-35(4)46/h15-17,20-28,33H,6-14,18-19,29-32H2,1-5H3. The van der Waals surface area contributed by atoms with Crippen molar-refractivity contribution in [3.8, 4) is 5.75 Å². The molecule has 0 radical (unpaired) electrons. The molecule has 0 spiro atoms. The number of esters is 5. The fraction of sp³-hybridized carbons (Fsp3) is 0.523. The van der Waals surface area contributed by atoms with Crippen LogP contribution in [0, 0.1) is 5.92 Å². The molecule has 0 saturated carbocycles. The summed E-state index contributed by atoms with van der Waals surface area (Å²) in [5.74, 6) is -4.84. The van der Waals surface area contributed by atoms with E-state index in [0.717, 1.165) is 89.2 Å². The Bertz CT molecular complexity index is 1580. The Kier molecular flexibility index (Phi) is 18.8. The van der Waals surface area contributed by atoms with E-state index in [-0.39, 0.29) is 12.5 Å². The first-order valence-corrected chi connectivity index (χ1v) is 19.5. The van der Waals surface area contributed by atoms with Gasteiger partial charge in [0.25, 0.3) is 0 Å². The van der Waals surface area contributed by atoms with E-state index in [1.165, 1.54) is 6.92 Å². The molecule has 3 rings (SSSR count). The predicted octanol–water partition coefficient (Wildman–Crippen LogP) is 8.88. The van der Waals surface area contributed by atoms with Crippen LogP contribution in [0.4, 0.5) is 0 Å². The molecule has 0 amide bonds. The van der Waals surface area contributed by atoms with Gasteiger partial charge in [0.1, 0.15) is 5.75 Å². The minimum atomic E-state index is -2.09. The lowest BCUT2D eigenvalue weighted by atomic mass is 9.89. The summed E-state index contributed by atoms with van der Waals surface area (Å²) in [4.78, 5) is 61.1. The number of allylic oxidation sites excluding steroid dienone is 2. The minimum absolute atomic E-state index is 0.141. The largest absolute Gasteiger partial charge is 0.462 e. The Hall–Kier alpha value is -4.77. The maximum absolute atomic E-state index is 13.7. The Balaban J connectivity index is 1.38. The van der Waals surface area contributed by atoms with Crippen LogP contribution < -0.4 is 4.74 Å². The first-order chi connectivity index (χ1) is 26.4. The van der Waals surface area contributed by atoms with Crippen molar-refractivity contribution in [2.75, 3.05) is 19.8 Å². The SMILES string of the molecule is CCC(C)COC(=O)c1ccc(OC(=O)C2(OCCCCCCCCCCCCOC(=O)C(C)(OC(C)=O)OC(C)=O)C=CC(c3ccccc3)=CC2)cc1. The fourth-order valence-corrected chi connectivity index (χ4v) is 5.88. The summed E-state index contributed by atoms with van der Waals surface area (Å²) in [6.45, 7) is 8.39. The fourth-order valence-electron chi connectivity index (χ4n) is 5.88. The average molecular weight is 763 g/mol. The van der Waals surface area contributed by atoms with Crippen LogP contribution >= 0.6 is 0 Å². The van der Waals surface area contributed by atoms with Crippen LogP contribution in [0.3, 0.4) is 0 Å². The summed E-state index contributed by atoms with van der Waals surface area (Å²) in [6.07, 6.45) is 16.7. The molecule has 0 saturated heterocycles. The molecule has 0 fully saturated rings. The van der Waals surface area contributed by atoms with Crippen LogP contribution in [-0.2, 0) is 42.9 Å². The molecule has 0 N–H and O–H groups in total. The smallest absolute Gasteiger partial charge is 0.392 e. The second-order valence-electron chi connectivity index (χ2n) is 14.1. The van der Waals surface area contributed by atoms with Crippen molar-refractivity contribution >= 4 is 35.4 Å². The van der Waals surface area contributed by atoms with E-state index in [1.54, 1.807) is 30.3 Å². The van der Waals surface area contributed by atoms with Crippen LogP contribution in [-0.4, -0.2) is 61.1 Å². The average Bonchev–Trinajstić information content (AvgIpc) is 3.17. The van der Waals surface area contributed by atoms with E-state index in [4.69, 9.17) is 28.4 Å². The summed E-state index contributed by atoms with van der Waals surface area (Å²) in [7, 11) is 0. The monoisotopic (exact) mass is 762 g/mol. The Morgan fingerprint density at radius 1 is 0.745 bits per heavy atom. The third kappa shape index (κ3) is 15.5. The van der Waals surface area contributed by atoms with Crippen LogP contribution in [0.25, 0.3) is 5.57 Å².